The van der Waals surface area contributed by atoms with Crippen LogP contribution in [0.3, 0.4) is 0 Å². The van der Waals surface area contributed by atoms with Gasteiger partial charge in [-0.1, -0.05) is 0 Å². The summed E-state index contributed by atoms with van der Waals surface area (Å²) in [4.78, 5) is 13.6. The van der Waals surface area contributed by atoms with Gasteiger partial charge in [0.1, 0.15) is 6.20 Å². The Morgan fingerprint density at radius 3 is 2.83 bits per heavy atom. The van der Waals surface area contributed by atoms with Crippen LogP contribution >= 0.6 is 15.9 Å². The third kappa shape index (κ3) is 1.77. The van der Waals surface area contributed by atoms with Crippen molar-refractivity contribution >= 4 is 21.6 Å². The second kappa shape index (κ2) is 3.59. The zero-order chi connectivity index (χ0) is 9.14. The monoisotopic (exact) mass is 231 g/mol. The van der Waals surface area contributed by atoms with Crippen LogP contribution in [0.25, 0.3) is 0 Å². The van der Waals surface area contributed by atoms with Crippen LogP contribution < -0.4 is 5.73 Å². The molecular weight excluding hydrogens is 226 g/mol. The van der Waals surface area contributed by atoms with Crippen molar-refractivity contribution in [2.75, 3.05) is 0 Å². The van der Waals surface area contributed by atoms with Crippen molar-refractivity contribution in [3.8, 4) is 0 Å². The van der Waals surface area contributed by atoms with E-state index in [4.69, 9.17) is 5.73 Å². The number of nitrogens with zero attached hydrogens (tertiary/aromatic N) is 2. The molecular formula is C6H6BrN3O2. The minimum atomic E-state index is -0.502. The highest BCUT2D eigenvalue weighted by Crippen LogP contribution is 2.19. The number of aromatic nitrogens is 1. The Balaban J connectivity index is 3.10. The number of nitro groups is 1. The number of halogens is 1. The number of hydrogen-bond acceptors (Lipinski definition) is 4. The fourth-order valence-corrected chi connectivity index (χ4v) is 1.20. The highest BCUT2D eigenvalue weighted by Gasteiger charge is 2.08. The van der Waals surface area contributed by atoms with Gasteiger partial charge in [0.05, 0.1) is 10.6 Å². The molecule has 0 bridgehead atoms. The smallest absolute Gasteiger partial charge is 0.288 e. The van der Waals surface area contributed by atoms with Crippen LogP contribution in [0.5, 0.6) is 0 Å². The van der Waals surface area contributed by atoms with Gasteiger partial charge in [-0.15, -0.1) is 0 Å². The maximum Gasteiger partial charge on any atom is 0.288 e. The summed E-state index contributed by atoms with van der Waals surface area (Å²) in [5, 5.41) is 10.3. The zero-order valence-electron chi connectivity index (χ0n) is 6.03. The van der Waals surface area contributed by atoms with Crippen molar-refractivity contribution < 1.29 is 4.92 Å². The Labute approximate surface area is 76.9 Å². The van der Waals surface area contributed by atoms with Gasteiger partial charge >= 0.3 is 0 Å². The Morgan fingerprint density at radius 2 is 2.42 bits per heavy atom. The molecule has 1 aromatic rings. The molecule has 0 aromatic carbocycles. The topological polar surface area (TPSA) is 82.0 Å². The van der Waals surface area contributed by atoms with E-state index in [1.165, 1.54) is 12.3 Å². The average molecular weight is 232 g/mol. The molecule has 5 nitrogen and oxygen atoms in total. The van der Waals surface area contributed by atoms with E-state index in [0.29, 0.717) is 10.2 Å². The quantitative estimate of drug-likeness (QED) is 0.613. The molecule has 0 spiro atoms. The first kappa shape index (κ1) is 9.08. The van der Waals surface area contributed by atoms with Crippen molar-refractivity contribution in [1.29, 1.82) is 0 Å². The SMILES string of the molecule is NCc1ncc([N+](=O)[O-])cc1Br. The van der Waals surface area contributed by atoms with E-state index in [2.05, 4.69) is 20.9 Å². The molecule has 0 aliphatic rings. The first-order valence-corrected chi connectivity index (χ1v) is 3.93. The van der Waals surface area contributed by atoms with E-state index >= 15 is 0 Å². The van der Waals surface area contributed by atoms with Gasteiger partial charge in [-0.2, -0.15) is 0 Å². The third-order valence-electron chi connectivity index (χ3n) is 1.31. The largest absolute Gasteiger partial charge is 0.325 e. The molecule has 1 heterocycles. The maximum atomic E-state index is 10.3. The number of rotatable bonds is 2. The van der Waals surface area contributed by atoms with E-state index in [1.54, 1.807) is 0 Å². The van der Waals surface area contributed by atoms with Crippen LogP contribution in [0.1, 0.15) is 5.69 Å². The lowest BCUT2D eigenvalue weighted by Crippen LogP contribution is -2.01. The minimum absolute atomic E-state index is 0.0425. The lowest BCUT2D eigenvalue weighted by molar-refractivity contribution is -0.385. The molecule has 0 aliphatic carbocycles. The van der Waals surface area contributed by atoms with Gasteiger partial charge in [-0.25, -0.2) is 0 Å². The second-order valence-corrected chi connectivity index (χ2v) is 2.94. The summed E-state index contributed by atoms with van der Waals surface area (Å²) >= 11 is 3.13. The van der Waals surface area contributed by atoms with Gasteiger partial charge in [0.25, 0.3) is 5.69 Å². The summed E-state index contributed by atoms with van der Waals surface area (Å²) in [6.07, 6.45) is 1.19. The van der Waals surface area contributed by atoms with Gasteiger partial charge < -0.3 is 5.73 Å². The normalized spacial score (nSPS) is 9.83. The minimum Gasteiger partial charge on any atom is -0.325 e. The summed E-state index contributed by atoms with van der Waals surface area (Å²) in [5.74, 6) is 0. The summed E-state index contributed by atoms with van der Waals surface area (Å²) in [5.41, 5.74) is 5.88. The highest BCUT2D eigenvalue weighted by molar-refractivity contribution is 9.10. The maximum absolute atomic E-state index is 10.3. The number of nitrogens with two attached hydrogens (primary N) is 1. The van der Waals surface area contributed by atoms with E-state index < -0.39 is 4.92 Å². The van der Waals surface area contributed by atoms with Gasteiger partial charge in [0.2, 0.25) is 0 Å². The standard InChI is InChI=1S/C6H6BrN3O2/c7-5-1-4(10(11)12)3-9-6(5)2-8/h1,3H,2,8H2. The molecule has 0 radical (unpaired) electrons. The molecule has 0 amide bonds. The van der Waals surface area contributed by atoms with Gasteiger partial charge in [0, 0.05) is 17.1 Å². The molecule has 64 valence electrons. The van der Waals surface area contributed by atoms with Gasteiger partial charge in [0.15, 0.2) is 0 Å². The van der Waals surface area contributed by atoms with E-state index in [9.17, 15) is 10.1 Å². The molecule has 12 heavy (non-hydrogen) atoms. The Hall–Kier alpha value is -1.01. The predicted octanol–water partition coefficient (Wildman–Crippen LogP) is 1.21. The zero-order valence-corrected chi connectivity index (χ0v) is 7.61. The summed E-state index contributed by atoms with van der Waals surface area (Å²) in [6.45, 7) is 0.262. The lowest BCUT2D eigenvalue weighted by Gasteiger charge is -1.98. The predicted molar refractivity (Wildman–Crippen MR) is 46.5 cm³/mol. The van der Waals surface area contributed by atoms with E-state index in [1.807, 2.05) is 0 Å². The molecule has 0 saturated heterocycles. The van der Waals surface area contributed by atoms with Crippen LogP contribution in [0, 0.1) is 10.1 Å². The molecule has 0 aliphatic heterocycles. The number of hydrogen-bond donors (Lipinski definition) is 1. The fraction of sp³-hybridized carbons (Fsp3) is 0.167. The molecule has 1 rings (SSSR count). The third-order valence-corrected chi connectivity index (χ3v) is 1.99. The number of pyridine rings is 1. The summed E-state index contributed by atoms with van der Waals surface area (Å²) in [7, 11) is 0. The van der Waals surface area contributed by atoms with Crippen molar-refractivity contribution in [1.82, 2.24) is 4.98 Å². The van der Waals surface area contributed by atoms with Crippen molar-refractivity contribution in [3.05, 3.63) is 32.5 Å². The van der Waals surface area contributed by atoms with Crippen LogP contribution in [-0.2, 0) is 6.54 Å². The van der Waals surface area contributed by atoms with Gasteiger partial charge in [-0.05, 0) is 15.9 Å². The second-order valence-electron chi connectivity index (χ2n) is 2.08. The molecule has 0 unspecified atom stereocenters. The fourth-order valence-electron chi connectivity index (χ4n) is 0.706. The summed E-state index contributed by atoms with van der Waals surface area (Å²) in [6, 6.07) is 1.38. The molecule has 2 N–H and O–H groups in total. The van der Waals surface area contributed by atoms with Crippen molar-refractivity contribution in [2.24, 2.45) is 5.73 Å². The molecule has 6 heteroatoms. The highest BCUT2D eigenvalue weighted by atomic mass is 79.9. The Kier molecular flexibility index (Phi) is 2.72. The first-order chi connectivity index (χ1) is 5.65. The first-order valence-electron chi connectivity index (χ1n) is 3.14. The Morgan fingerprint density at radius 1 is 1.75 bits per heavy atom. The van der Waals surface area contributed by atoms with Crippen LogP contribution in [0.4, 0.5) is 5.69 Å². The van der Waals surface area contributed by atoms with E-state index in [0.717, 1.165) is 0 Å². The molecule has 0 saturated carbocycles. The molecule has 1 aromatic heterocycles. The average Bonchev–Trinajstić information content (AvgIpc) is 2.04. The Bertz CT molecular complexity index is 316. The van der Waals surface area contributed by atoms with Crippen LogP contribution in [0.15, 0.2) is 16.7 Å². The van der Waals surface area contributed by atoms with Crippen molar-refractivity contribution in [2.45, 2.75) is 6.54 Å². The van der Waals surface area contributed by atoms with Gasteiger partial charge in [-0.3, -0.25) is 15.1 Å². The van der Waals surface area contributed by atoms with Crippen LogP contribution in [0.2, 0.25) is 0 Å². The summed E-state index contributed by atoms with van der Waals surface area (Å²) < 4.78 is 0.569. The van der Waals surface area contributed by atoms with Crippen LogP contribution in [-0.4, -0.2) is 9.91 Å². The molecule has 0 fully saturated rings. The van der Waals surface area contributed by atoms with E-state index in [-0.39, 0.29) is 12.2 Å². The molecule has 0 atom stereocenters. The lowest BCUT2D eigenvalue weighted by atomic mass is 10.3. The van der Waals surface area contributed by atoms with Crippen molar-refractivity contribution in [3.63, 3.8) is 0 Å².